The van der Waals surface area contributed by atoms with E-state index in [-0.39, 0.29) is 11.9 Å². The second kappa shape index (κ2) is 5.89. The van der Waals surface area contributed by atoms with Gasteiger partial charge >= 0.3 is 0 Å². The first-order valence-corrected chi connectivity index (χ1v) is 6.41. The van der Waals surface area contributed by atoms with Gasteiger partial charge in [0, 0.05) is 17.1 Å². The third-order valence-corrected chi connectivity index (χ3v) is 2.90. The van der Waals surface area contributed by atoms with Gasteiger partial charge in [-0.25, -0.2) is 0 Å². The number of aryl methyl sites for hydroxylation is 1. The third kappa shape index (κ3) is 3.83. The molecule has 1 unspecified atom stereocenters. The van der Waals surface area contributed by atoms with E-state index in [1.54, 1.807) is 13.0 Å². The van der Waals surface area contributed by atoms with Crippen LogP contribution in [-0.4, -0.2) is 17.1 Å². The van der Waals surface area contributed by atoms with Crippen molar-refractivity contribution in [2.75, 3.05) is 0 Å². The van der Waals surface area contributed by atoms with E-state index in [1.807, 2.05) is 31.2 Å². The van der Waals surface area contributed by atoms with Gasteiger partial charge < -0.3 is 9.84 Å². The molecule has 0 aliphatic heterocycles. The molecule has 19 heavy (non-hydrogen) atoms. The zero-order chi connectivity index (χ0) is 13.8. The number of hydrogen-bond donors (Lipinski definition) is 1. The molecule has 5 heteroatoms. The summed E-state index contributed by atoms with van der Waals surface area (Å²) in [7, 11) is 0. The summed E-state index contributed by atoms with van der Waals surface area (Å²) in [6, 6.07) is 9.20. The Kier molecular flexibility index (Phi) is 4.22. The molecule has 1 aromatic heterocycles. The van der Waals surface area contributed by atoms with Crippen LogP contribution < -0.4 is 5.32 Å². The maximum atomic E-state index is 11.9. The number of aromatic nitrogens is 1. The zero-order valence-electron chi connectivity index (χ0n) is 10.8. The summed E-state index contributed by atoms with van der Waals surface area (Å²) in [6.07, 6.45) is 0.711. The van der Waals surface area contributed by atoms with E-state index in [2.05, 4.69) is 10.5 Å². The molecule has 2 aromatic rings. The summed E-state index contributed by atoms with van der Waals surface area (Å²) in [5.74, 6) is 0.388. The van der Waals surface area contributed by atoms with Crippen LogP contribution in [0.3, 0.4) is 0 Å². The SMILES string of the molecule is Cc1cc(C(=O)NC(C)Cc2cccc(Cl)c2)no1. The molecule has 1 aromatic carbocycles. The van der Waals surface area contributed by atoms with Crippen LogP contribution >= 0.6 is 11.6 Å². The highest BCUT2D eigenvalue weighted by atomic mass is 35.5. The molecule has 1 amide bonds. The lowest BCUT2D eigenvalue weighted by Crippen LogP contribution is -2.34. The summed E-state index contributed by atoms with van der Waals surface area (Å²) in [5, 5.41) is 7.25. The van der Waals surface area contributed by atoms with Crippen molar-refractivity contribution in [2.45, 2.75) is 26.3 Å². The lowest BCUT2D eigenvalue weighted by atomic mass is 10.1. The number of carbonyl (C=O) groups excluding carboxylic acids is 1. The Morgan fingerprint density at radius 1 is 1.47 bits per heavy atom. The summed E-state index contributed by atoms with van der Waals surface area (Å²) in [5.41, 5.74) is 1.38. The van der Waals surface area contributed by atoms with E-state index < -0.39 is 0 Å². The van der Waals surface area contributed by atoms with Gasteiger partial charge in [0.2, 0.25) is 0 Å². The van der Waals surface area contributed by atoms with Gasteiger partial charge in [-0.05, 0) is 38.0 Å². The first-order chi connectivity index (χ1) is 9.04. The van der Waals surface area contributed by atoms with Crippen LogP contribution in [0.4, 0.5) is 0 Å². The molecule has 0 saturated heterocycles. The maximum absolute atomic E-state index is 11.9. The van der Waals surface area contributed by atoms with Gasteiger partial charge in [0.15, 0.2) is 5.69 Å². The molecule has 2 rings (SSSR count). The van der Waals surface area contributed by atoms with E-state index in [4.69, 9.17) is 16.1 Å². The molecule has 4 nitrogen and oxygen atoms in total. The average molecular weight is 279 g/mol. The molecule has 0 saturated carbocycles. The van der Waals surface area contributed by atoms with Crippen LogP contribution in [0.2, 0.25) is 5.02 Å². The number of halogens is 1. The Labute approximate surface area is 116 Å². The molecule has 1 heterocycles. The number of amides is 1. The Morgan fingerprint density at radius 2 is 2.26 bits per heavy atom. The lowest BCUT2D eigenvalue weighted by molar-refractivity contribution is 0.0931. The van der Waals surface area contributed by atoms with Gasteiger partial charge in [-0.2, -0.15) is 0 Å². The van der Waals surface area contributed by atoms with Crippen molar-refractivity contribution in [1.82, 2.24) is 10.5 Å². The Morgan fingerprint density at radius 3 is 2.89 bits per heavy atom. The fraction of sp³-hybridized carbons (Fsp3) is 0.286. The highest BCUT2D eigenvalue weighted by Gasteiger charge is 2.14. The fourth-order valence-corrected chi connectivity index (χ4v) is 2.05. The van der Waals surface area contributed by atoms with E-state index in [1.165, 1.54) is 0 Å². The molecular formula is C14H15ClN2O2. The van der Waals surface area contributed by atoms with E-state index in [0.717, 1.165) is 5.56 Å². The molecule has 0 spiro atoms. The largest absolute Gasteiger partial charge is 0.361 e. The smallest absolute Gasteiger partial charge is 0.273 e. The molecule has 100 valence electrons. The molecule has 1 atom stereocenters. The van der Waals surface area contributed by atoms with Crippen molar-refractivity contribution in [3.63, 3.8) is 0 Å². The Balaban J connectivity index is 1.94. The Bertz CT molecular complexity index is 580. The van der Waals surface area contributed by atoms with Gasteiger partial charge in [0.1, 0.15) is 5.76 Å². The van der Waals surface area contributed by atoms with Gasteiger partial charge in [-0.1, -0.05) is 28.9 Å². The number of carbonyl (C=O) groups is 1. The lowest BCUT2D eigenvalue weighted by Gasteiger charge is -2.12. The second-order valence-electron chi connectivity index (χ2n) is 4.53. The molecular weight excluding hydrogens is 264 g/mol. The molecule has 1 N–H and O–H groups in total. The zero-order valence-corrected chi connectivity index (χ0v) is 11.6. The van der Waals surface area contributed by atoms with Gasteiger partial charge in [0.05, 0.1) is 0 Å². The quantitative estimate of drug-likeness (QED) is 0.935. The minimum absolute atomic E-state index is 0.0111. The van der Waals surface area contributed by atoms with E-state index in [9.17, 15) is 4.79 Å². The van der Waals surface area contributed by atoms with Crippen molar-refractivity contribution >= 4 is 17.5 Å². The highest BCUT2D eigenvalue weighted by Crippen LogP contribution is 2.12. The van der Waals surface area contributed by atoms with Crippen LogP contribution in [-0.2, 0) is 6.42 Å². The average Bonchev–Trinajstić information content (AvgIpc) is 2.75. The van der Waals surface area contributed by atoms with Crippen LogP contribution in [0.5, 0.6) is 0 Å². The summed E-state index contributed by atoms with van der Waals surface area (Å²) in [4.78, 5) is 11.9. The van der Waals surface area contributed by atoms with Gasteiger partial charge in [-0.15, -0.1) is 0 Å². The van der Waals surface area contributed by atoms with Crippen molar-refractivity contribution in [1.29, 1.82) is 0 Å². The molecule has 0 aliphatic carbocycles. The normalized spacial score (nSPS) is 12.2. The van der Waals surface area contributed by atoms with Crippen molar-refractivity contribution in [2.24, 2.45) is 0 Å². The van der Waals surface area contributed by atoms with Crippen molar-refractivity contribution < 1.29 is 9.32 Å². The van der Waals surface area contributed by atoms with E-state index in [0.29, 0.717) is 22.9 Å². The monoisotopic (exact) mass is 278 g/mol. The van der Waals surface area contributed by atoms with Crippen LogP contribution in [0.1, 0.15) is 28.7 Å². The first kappa shape index (κ1) is 13.6. The number of nitrogens with zero attached hydrogens (tertiary/aromatic N) is 1. The molecule has 0 radical (unpaired) electrons. The summed E-state index contributed by atoms with van der Waals surface area (Å²) >= 11 is 5.92. The molecule has 0 aliphatic rings. The number of hydrogen-bond acceptors (Lipinski definition) is 3. The predicted octanol–water partition coefficient (Wildman–Crippen LogP) is 3.00. The van der Waals surface area contributed by atoms with Gasteiger partial charge in [-0.3, -0.25) is 4.79 Å². The topological polar surface area (TPSA) is 55.1 Å². The number of nitrogens with one attached hydrogen (secondary N) is 1. The van der Waals surface area contributed by atoms with Gasteiger partial charge in [0.25, 0.3) is 5.91 Å². The fourth-order valence-electron chi connectivity index (χ4n) is 1.84. The predicted molar refractivity (Wildman–Crippen MR) is 73.3 cm³/mol. The highest BCUT2D eigenvalue weighted by molar-refractivity contribution is 6.30. The minimum atomic E-state index is -0.230. The molecule has 0 bridgehead atoms. The minimum Gasteiger partial charge on any atom is -0.361 e. The maximum Gasteiger partial charge on any atom is 0.273 e. The first-order valence-electron chi connectivity index (χ1n) is 6.03. The number of benzene rings is 1. The van der Waals surface area contributed by atoms with Crippen LogP contribution in [0.15, 0.2) is 34.9 Å². The third-order valence-electron chi connectivity index (χ3n) is 2.67. The van der Waals surface area contributed by atoms with Crippen LogP contribution in [0, 0.1) is 6.92 Å². The second-order valence-corrected chi connectivity index (χ2v) is 4.97. The summed E-state index contributed by atoms with van der Waals surface area (Å²) < 4.78 is 4.87. The Hall–Kier alpha value is -1.81. The molecule has 0 fully saturated rings. The van der Waals surface area contributed by atoms with E-state index >= 15 is 0 Å². The standard InChI is InChI=1S/C14H15ClN2O2/c1-9(6-11-4-3-5-12(15)8-11)16-14(18)13-7-10(2)19-17-13/h3-5,7-9H,6H2,1-2H3,(H,16,18). The van der Waals surface area contributed by atoms with Crippen molar-refractivity contribution in [3.8, 4) is 0 Å². The van der Waals surface area contributed by atoms with Crippen LogP contribution in [0.25, 0.3) is 0 Å². The van der Waals surface area contributed by atoms with Crippen molar-refractivity contribution in [3.05, 3.63) is 52.4 Å². The summed E-state index contributed by atoms with van der Waals surface area (Å²) in [6.45, 7) is 3.69. The number of rotatable bonds is 4.